The predicted molar refractivity (Wildman–Crippen MR) is 31.6 cm³/mol. The van der Waals surface area contributed by atoms with E-state index in [2.05, 4.69) is 5.92 Å². The van der Waals surface area contributed by atoms with Crippen LogP contribution in [0.5, 0.6) is 0 Å². The second kappa shape index (κ2) is 2.65. The SMILES string of the molecule is C#CC(N)C(C)C. The predicted octanol–water partition coefficient (Wildman–Crippen LogP) is 0.603. The summed E-state index contributed by atoms with van der Waals surface area (Å²) < 4.78 is 0. The van der Waals surface area contributed by atoms with E-state index in [1.807, 2.05) is 13.8 Å². The lowest BCUT2D eigenvalue weighted by Crippen LogP contribution is -2.23. The summed E-state index contributed by atoms with van der Waals surface area (Å²) in [5, 5.41) is 0. The van der Waals surface area contributed by atoms with Crippen LogP contribution >= 0.6 is 0 Å². The van der Waals surface area contributed by atoms with Gasteiger partial charge in [-0.2, -0.15) is 0 Å². The Morgan fingerprint density at radius 3 is 2.00 bits per heavy atom. The number of nitrogens with two attached hydrogens (primary N) is 1. The molecule has 0 aliphatic heterocycles. The quantitative estimate of drug-likeness (QED) is 0.476. The molecule has 0 amide bonds. The Morgan fingerprint density at radius 2 is 2.00 bits per heavy atom. The molecule has 1 heteroatoms. The van der Waals surface area contributed by atoms with Crippen molar-refractivity contribution in [2.45, 2.75) is 19.9 Å². The molecule has 0 radical (unpaired) electrons. The van der Waals surface area contributed by atoms with Crippen LogP contribution in [0, 0.1) is 18.3 Å². The number of hydrogen-bond donors (Lipinski definition) is 1. The molecule has 40 valence electrons. The summed E-state index contributed by atoms with van der Waals surface area (Å²) in [5.41, 5.74) is 5.38. The fourth-order valence-electron chi connectivity index (χ4n) is 0.192. The largest absolute Gasteiger partial charge is 0.317 e. The van der Waals surface area contributed by atoms with E-state index >= 15 is 0 Å². The molecule has 0 heterocycles. The molecule has 0 aromatic heterocycles. The maximum Gasteiger partial charge on any atom is 0.0685 e. The molecule has 0 aromatic carbocycles. The topological polar surface area (TPSA) is 26.0 Å². The van der Waals surface area contributed by atoms with Crippen LogP contribution in [0.2, 0.25) is 0 Å². The third-order valence-corrected chi connectivity index (χ3v) is 0.911. The summed E-state index contributed by atoms with van der Waals surface area (Å²) in [4.78, 5) is 0. The average molecular weight is 97.2 g/mol. The van der Waals surface area contributed by atoms with Gasteiger partial charge in [0.05, 0.1) is 6.04 Å². The molecule has 0 saturated heterocycles. The van der Waals surface area contributed by atoms with Crippen molar-refractivity contribution in [3.05, 3.63) is 0 Å². The van der Waals surface area contributed by atoms with E-state index in [4.69, 9.17) is 12.2 Å². The molecule has 0 fully saturated rings. The number of rotatable bonds is 1. The minimum atomic E-state index is -0.0694. The second-order valence-corrected chi connectivity index (χ2v) is 1.94. The lowest BCUT2D eigenvalue weighted by molar-refractivity contribution is 0.585. The lowest BCUT2D eigenvalue weighted by atomic mass is 10.1. The van der Waals surface area contributed by atoms with E-state index in [0.717, 1.165) is 0 Å². The van der Waals surface area contributed by atoms with Crippen molar-refractivity contribution in [3.8, 4) is 12.3 Å². The van der Waals surface area contributed by atoms with Crippen molar-refractivity contribution in [2.24, 2.45) is 11.7 Å². The van der Waals surface area contributed by atoms with Gasteiger partial charge >= 0.3 is 0 Å². The van der Waals surface area contributed by atoms with Gasteiger partial charge in [-0.05, 0) is 5.92 Å². The van der Waals surface area contributed by atoms with Crippen molar-refractivity contribution in [1.82, 2.24) is 0 Å². The maximum absolute atomic E-state index is 5.38. The zero-order valence-electron chi connectivity index (χ0n) is 4.81. The van der Waals surface area contributed by atoms with Crippen LogP contribution in [-0.4, -0.2) is 6.04 Å². The van der Waals surface area contributed by atoms with Crippen LogP contribution in [0.4, 0.5) is 0 Å². The van der Waals surface area contributed by atoms with Gasteiger partial charge in [0.2, 0.25) is 0 Å². The van der Waals surface area contributed by atoms with Gasteiger partial charge in [0, 0.05) is 0 Å². The van der Waals surface area contributed by atoms with Crippen LogP contribution in [-0.2, 0) is 0 Å². The monoisotopic (exact) mass is 97.1 g/mol. The first-order chi connectivity index (χ1) is 3.18. The van der Waals surface area contributed by atoms with Gasteiger partial charge in [0.1, 0.15) is 0 Å². The Morgan fingerprint density at radius 1 is 1.57 bits per heavy atom. The maximum atomic E-state index is 5.38. The van der Waals surface area contributed by atoms with Crippen molar-refractivity contribution in [2.75, 3.05) is 0 Å². The van der Waals surface area contributed by atoms with E-state index in [9.17, 15) is 0 Å². The summed E-state index contributed by atoms with van der Waals surface area (Å²) >= 11 is 0. The molecule has 0 spiro atoms. The highest BCUT2D eigenvalue weighted by molar-refractivity contribution is 4.97. The van der Waals surface area contributed by atoms with Crippen LogP contribution in [0.1, 0.15) is 13.8 Å². The first-order valence-corrected chi connectivity index (χ1v) is 2.40. The molecule has 1 unspecified atom stereocenters. The highest BCUT2D eigenvalue weighted by Gasteiger charge is 1.99. The minimum absolute atomic E-state index is 0.0694. The number of hydrogen-bond acceptors (Lipinski definition) is 1. The van der Waals surface area contributed by atoms with Crippen molar-refractivity contribution < 1.29 is 0 Å². The zero-order chi connectivity index (χ0) is 5.86. The van der Waals surface area contributed by atoms with Crippen molar-refractivity contribution in [1.29, 1.82) is 0 Å². The molecule has 2 N–H and O–H groups in total. The van der Waals surface area contributed by atoms with Crippen molar-refractivity contribution >= 4 is 0 Å². The van der Waals surface area contributed by atoms with Crippen LogP contribution < -0.4 is 5.73 Å². The van der Waals surface area contributed by atoms with Gasteiger partial charge in [0.15, 0.2) is 0 Å². The van der Waals surface area contributed by atoms with Crippen LogP contribution in [0.15, 0.2) is 0 Å². The molecular weight excluding hydrogens is 86.1 g/mol. The summed E-state index contributed by atoms with van der Waals surface area (Å²) in [6.45, 7) is 4.01. The fourth-order valence-corrected chi connectivity index (χ4v) is 0.192. The van der Waals surface area contributed by atoms with E-state index in [-0.39, 0.29) is 6.04 Å². The van der Waals surface area contributed by atoms with Gasteiger partial charge in [-0.3, -0.25) is 0 Å². The Balaban J connectivity index is 3.40. The fraction of sp³-hybridized carbons (Fsp3) is 0.667. The highest BCUT2D eigenvalue weighted by atomic mass is 14.6. The molecule has 0 aliphatic carbocycles. The van der Waals surface area contributed by atoms with Crippen molar-refractivity contribution in [3.63, 3.8) is 0 Å². The summed E-state index contributed by atoms with van der Waals surface area (Å²) in [7, 11) is 0. The molecule has 0 aromatic rings. The lowest BCUT2D eigenvalue weighted by Gasteiger charge is -2.05. The van der Waals surface area contributed by atoms with E-state index < -0.39 is 0 Å². The summed E-state index contributed by atoms with van der Waals surface area (Å²) in [6.07, 6.45) is 5.00. The highest BCUT2D eigenvalue weighted by Crippen LogP contribution is 1.93. The molecule has 7 heavy (non-hydrogen) atoms. The average Bonchev–Trinajstić information content (AvgIpc) is 1.65. The van der Waals surface area contributed by atoms with E-state index in [1.54, 1.807) is 0 Å². The van der Waals surface area contributed by atoms with Crippen LogP contribution in [0.25, 0.3) is 0 Å². The van der Waals surface area contributed by atoms with Gasteiger partial charge in [-0.25, -0.2) is 0 Å². The molecular formula is C6H11N. The zero-order valence-corrected chi connectivity index (χ0v) is 4.81. The molecule has 0 saturated carbocycles. The van der Waals surface area contributed by atoms with E-state index in [0.29, 0.717) is 5.92 Å². The summed E-state index contributed by atoms with van der Waals surface area (Å²) in [5.74, 6) is 2.85. The third kappa shape index (κ3) is 2.24. The van der Waals surface area contributed by atoms with Gasteiger partial charge < -0.3 is 5.73 Å². The first-order valence-electron chi connectivity index (χ1n) is 2.40. The van der Waals surface area contributed by atoms with Gasteiger partial charge in [-0.1, -0.05) is 19.8 Å². The summed E-state index contributed by atoms with van der Waals surface area (Å²) in [6, 6.07) is -0.0694. The van der Waals surface area contributed by atoms with E-state index in [1.165, 1.54) is 0 Å². The molecule has 1 nitrogen and oxygen atoms in total. The third-order valence-electron chi connectivity index (χ3n) is 0.911. The number of terminal acetylenes is 1. The Hall–Kier alpha value is -0.480. The smallest absolute Gasteiger partial charge is 0.0685 e. The Bertz CT molecular complexity index is 78.7. The van der Waals surface area contributed by atoms with Crippen LogP contribution in [0.3, 0.4) is 0 Å². The molecule has 0 rings (SSSR count). The van der Waals surface area contributed by atoms with Gasteiger partial charge in [-0.15, -0.1) is 6.42 Å². The standard InChI is InChI=1S/C6H11N/c1-4-6(7)5(2)3/h1,5-6H,7H2,2-3H3. The first kappa shape index (κ1) is 6.52. The van der Waals surface area contributed by atoms with Gasteiger partial charge in [0.25, 0.3) is 0 Å². The Kier molecular flexibility index (Phi) is 2.47. The second-order valence-electron chi connectivity index (χ2n) is 1.94. The Labute approximate surface area is 44.9 Å². The molecule has 0 bridgehead atoms. The normalized spacial score (nSPS) is 13.6. The minimum Gasteiger partial charge on any atom is -0.317 e. The molecule has 0 aliphatic rings. The molecule has 1 atom stereocenters.